The van der Waals surface area contributed by atoms with Crippen LogP contribution in [0.3, 0.4) is 0 Å². The third kappa shape index (κ3) is 5.84. The van der Waals surface area contributed by atoms with Crippen LogP contribution in [0.15, 0.2) is 52.2 Å². The van der Waals surface area contributed by atoms with Gasteiger partial charge in [-0.25, -0.2) is 10.2 Å². The first-order chi connectivity index (χ1) is 11.1. The average molecular weight is 335 g/mol. The molecule has 7 nitrogen and oxygen atoms in total. The molecule has 2 aromatic rings. The lowest BCUT2D eigenvalue weighted by Crippen LogP contribution is -2.40. The van der Waals surface area contributed by atoms with Crippen molar-refractivity contribution in [3.63, 3.8) is 0 Å². The third-order valence-corrected chi connectivity index (χ3v) is 3.06. The first-order valence-electron chi connectivity index (χ1n) is 6.75. The number of halogens is 1. The van der Waals surface area contributed by atoms with Crippen LogP contribution in [0.2, 0.25) is 5.02 Å². The van der Waals surface area contributed by atoms with Gasteiger partial charge < -0.3 is 15.1 Å². The molecular weight excluding hydrogens is 320 g/mol. The van der Waals surface area contributed by atoms with Crippen LogP contribution in [0.4, 0.5) is 4.79 Å². The lowest BCUT2D eigenvalue weighted by atomic mass is 10.2. The summed E-state index contributed by atoms with van der Waals surface area (Å²) in [4.78, 5) is 23.0. The van der Waals surface area contributed by atoms with E-state index >= 15 is 0 Å². The number of carbonyl (C=O) groups is 2. The second kappa shape index (κ2) is 8.60. The van der Waals surface area contributed by atoms with Crippen LogP contribution >= 0.6 is 11.6 Å². The minimum absolute atomic E-state index is 0.205. The van der Waals surface area contributed by atoms with Crippen LogP contribution in [0.5, 0.6) is 0 Å². The van der Waals surface area contributed by atoms with Crippen molar-refractivity contribution in [2.75, 3.05) is 6.54 Å². The van der Waals surface area contributed by atoms with E-state index in [-0.39, 0.29) is 13.1 Å². The van der Waals surface area contributed by atoms with Gasteiger partial charge >= 0.3 is 6.03 Å². The number of hydrogen-bond donors (Lipinski definition) is 3. The lowest BCUT2D eigenvalue weighted by Gasteiger charge is -2.05. The van der Waals surface area contributed by atoms with E-state index in [1.54, 1.807) is 36.4 Å². The number of carbonyl (C=O) groups excluding carboxylic acids is 2. The summed E-state index contributed by atoms with van der Waals surface area (Å²) in [6.07, 6.45) is 2.94. The topological polar surface area (TPSA) is 95.7 Å². The lowest BCUT2D eigenvalue weighted by molar-refractivity contribution is -0.120. The van der Waals surface area contributed by atoms with Gasteiger partial charge in [0.2, 0.25) is 0 Å². The summed E-state index contributed by atoms with van der Waals surface area (Å²) >= 11 is 5.94. The molecule has 0 unspecified atom stereocenters. The summed E-state index contributed by atoms with van der Waals surface area (Å²) in [5.74, 6) is 0.162. The molecule has 0 aliphatic carbocycles. The van der Waals surface area contributed by atoms with Gasteiger partial charge in [-0.2, -0.15) is 5.10 Å². The zero-order chi connectivity index (χ0) is 16.5. The number of hydrazone groups is 1. The molecule has 3 amide bonds. The summed E-state index contributed by atoms with van der Waals surface area (Å²) in [5.41, 5.74) is 2.97. The van der Waals surface area contributed by atoms with Gasteiger partial charge in [-0.1, -0.05) is 29.8 Å². The zero-order valence-electron chi connectivity index (χ0n) is 12.1. The molecule has 3 N–H and O–H groups in total. The molecule has 1 aromatic carbocycles. The van der Waals surface area contributed by atoms with Crippen molar-refractivity contribution in [2.45, 2.75) is 6.54 Å². The minimum Gasteiger partial charge on any atom is -0.467 e. The quantitative estimate of drug-likeness (QED) is 0.556. The van der Waals surface area contributed by atoms with Crippen molar-refractivity contribution < 1.29 is 14.0 Å². The highest BCUT2D eigenvalue weighted by Gasteiger charge is 2.05. The van der Waals surface area contributed by atoms with Crippen molar-refractivity contribution in [1.29, 1.82) is 0 Å². The largest absolute Gasteiger partial charge is 0.467 e. The van der Waals surface area contributed by atoms with Gasteiger partial charge in [0.1, 0.15) is 12.3 Å². The van der Waals surface area contributed by atoms with Crippen LogP contribution in [-0.2, 0) is 11.3 Å². The average Bonchev–Trinajstić information content (AvgIpc) is 3.06. The zero-order valence-corrected chi connectivity index (χ0v) is 12.8. The summed E-state index contributed by atoms with van der Waals surface area (Å²) in [5, 5.41) is 9.25. The van der Waals surface area contributed by atoms with Crippen molar-refractivity contribution in [3.8, 4) is 0 Å². The van der Waals surface area contributed by atoms with Gasteiger partial charge in [-0.3, -0.25) is 4.79 Å². The minimum atomic E-state index is -0.480. The Kier molecular flexibility index (Phi) is 6.19. The molecule has 0 saturated carbocycles. The second-order valence-corrected chi connectivity index (χ2v) is 4.84. The molecule has 0 aliphatic rings. The van der Waals surface area contributed by atoms with Gasteiger partial charge in [-0.05, 0) is 18.2 Å². The van der Waals surface area contributed by atoms with Crippen LogP contribution in [0.25, 0.3) is 0 Å². The Bertz CT molecular complexity index is 686. The van der Waals surface area contributed by atoms with Crippen molar-refractivity contribution >= 4 is 29.8 Å². The number of amides is 3. The Balaban J connectivity index is 1.66. The van der Waals surface area contributed by atoms with E-state index in [0.29, 0.717) is 16.3 Å². The second-order valence-electron chi connectivity index (χ2n) is 4.43. The third-order valence-electron chi connectivity index (χ3n) is 2.71. The molecule has 1 aromatic heterocycles. The van der Waals surface area contributed by atoms with Gasteiger partial charge in [0.15, 0.2) is 0 Å². The maximum absolute atomic E-state index is 11.5. The van der Waals surface area contributed by atoms with E-state index in [4.69, 9.17) is 16.0 Å². The van der Waals surface area contributed by atoms with E-state index in [1.807, 2.05) is 0 Å². The summed E-state index contributed by atoms with van der Waals surface area (Å²) < 4.78 is 5.06. The van der Waals surface area contributed by atoms with Gasteiger partial charge in [0, 0.05) is 10.6 Å². The van der Waals surface area contributed by atoms with Crippen molar-refractivity contribution in [1.82, 2.24) is 16.1 Å². The molecule has 0 spiro atoms. The number of nitrogens with one attached hydrogen (secondary N) is 3. The maximum atomic E-state index is 11.5. The first kappa shape index (κ1) is 16.6. The SMILES string of the molecule is O=C(CNC(=O)NCc1ccco1)N/N=C/c1ccccc1Cl. The molecule has 0 radical (unpaired) electrons. The highest BCUT2D eigenvalue weighted by molar-refractivity contribution is 6.33. The predicted molar refractivity (Wildman–Crippen MR) is 86.1 cm³/mol. The molecule has 1 heterocycles. The van der Waals surface area contributed by atoms with Gasteiger partial charge in [0.25, 0.3) is 5.91 Å². The highest BCUT2D eigenvalue weighted by Crippen LogP contribution is 2.11. The molecule has 8 heteroatoms. The fourth-order valence-corrected chi connectivity index (χ4v) is 1.78. The van der Waals surface area contributed by atoms with Crippen LogP contribution in [0.1, 0.15) is 11.3 Å². The Morgan fingerprint density at radius 3 is 2.74 bits per heavy atom. The van der Waals surface area contributed by atoms with E-state index in [1.165, 1.54) is 12.5 Å². The fraction of sp³-hybridized carbons (Fsp3) is 0.133. The molecule has 0 aliphatic heterocycles. The molecule has 2 rings (SSSR count). The number of hydrogen-bond acceptors (Lipinski definition) is 4. The van der Waals surface area contributed by atoms with E-state index < -0.39 is 11.9 Å². The van der Waals surface area contributed by atoms with Gasteiger partial charge in [0.05, 0.1) is 19.0 Å². The Morgan fingerprint density at radius 2 is 2.00 bits per heavy atom. The monoisotopic (exact) mass is 334 g/mol. The molecule has 0 atom stereocenters. The number of rotatable bonds is 6. The number of urea groups is 1. The Hall–Kier alpha value is -2.80. The molecule has 0 saturated heterocycles. The summed E-state index contributed by atoms with van der Waals surface area (Å²) in [7, 11) is 0. The molecule has 0 fully saturated rings. The van der Waals surface area contributed by atoms with Crippen LogP contribution < -0.4 is 16.1 Å². The standard InChI is InChI=1S/C15H15ClN4O3/c16-13-6-2-1-4-11(13)8-19-20-14(21)10-18-15(22)17-9-12-5-3-7-23-12/h1-8H,9-10H2,(H,20,21)(H2,17,18,22)/b19-8+. The molecule has 0 bridgehead atoms. The molecule has 23 heavy (non-hydrogen) atoms. The smallest absolute Gasteiger partial charge is 0.315 e. The van der Waals surface area contributed by atoms with E-state index in [9.17, 15) is 9.59 Å². The maximum Gasteiger partial charge on any atom is 0.315 e. The summed E-state index contributed by atoms with van der Waals surface area (Å²) in [6, 6.07) is 10.1. The number of furan rings is 1. The first-order valence-corrected chi connectivity index (χ1v) is 7.13. The Labute approximate surface area is 137 Å². The van der Waals surface area contributed by atoms with Crippen LogP contribution in [-0.4, -0.2) is 24.7 Å². The molecule has 120 valence electrons. The number of nitrogens with zero attached hydrogens (tertiary/aromatic N) is 1. The van der Waals surface area contributed by atoms with Gasteiger partial charge in [-0.15, -0.1) is 0 Å². The highest BCUT2D eigenvalue weighted by atomic mass is 35.5. The fourth-order valence-electron chi connectivity index (χ4n) is 1.60. The predicted octanol–water partition coefficient (Wildman–Crippen LogP) is 1.88. The summed E-state index contributed by atoms with van der Waals surface area (Å²) in [6.45, 7) is 0.0367. The van der Waals surface area contributed by atoms with Crippen molar-refractivity contribution in [2.24, 2.45) is 5.10 Å². The normalized spacial score (nSPS) is 10.5. The van der Waals surface area contributed by atoms with Crippen molar-refractivity contribution in [3.05, 3.63) is 59.0 Å². The Morgan fingerprint density at radius 1 is 1.17 bits per heavy atom. The molecular formula is C15H15ClN4O3. The van der Waals surface area contributed by atoms with E-state index in [2.05, 4.69) is 21.2 Å². The van der Waals surface area contributed by atoms with Crippen LogP contribution in [0, 0.1) is 0 Å². The number of benzene rings is 1. The van der Waals surface area contributed by atoms with E-state index in [0.717, 1.165) is 0 Å².